The quantitative estimate of drug-likeness (QED) is 0.645. The van der Waals surface area contributed by atoms with Crippen molar-refractivity contribution in [3.05, 3.63) is 52.4 Å². The number of aryl methyl sites for hydroxylation is 1. The number of nitrogens with zero attached hydrogens (tertiary/aromatic N) is 3. The van der Waals surface area contributed by atoms with E-state index in [1.807, 2.05) is 6.07 Å². The summed E-state index contributed by atoms with van der Waals surface area (Å²) in [6, 6.07) is 10.4. The summed E-state index contributed by atoms with van der Waals surface area (Å²) >= 11 is 6.06. The zero-order chi connectivity index (χ0) is 14.8. The van der Waals surface area contributed by atoms with Crippen LogP contribution in [0, 0.1) is 6.92 Å². The van der Waals surface area contributed by atoms with Crippen molar-refractivity contribution in [1.29, 1.82) is 0 Å². The Morgan fingerprint density at radius 3 is 2.76 bits per heavy atom. The number of anilines is 1. The number of hydrogen-bond acceptors (Lipinski definition) is 4. The van der Waals surface area contributed by atoms with Gasteiger partial charge in [0.25, 0.3) is 0 Å². The SMILES string of the molecule is Cc1nc(Cl)c(C=O)c(N2CCC(c3ccccc3)C2)n1. The Kier molecular flexibility index (Phi) is 3.88. The van der Waals surface area contributed by atoms with Crippen molar-refractivity contribution in [3.8, 4) is 0 Å². The maximum absolute atomic E-state index is 11.3. The fraction of sp³-hybridized carbons (Fsp3) is 0.312. The smallest absolute Gasteiger partial charge is 0.156 e. The predicted molar refractivity (Wildman–Crippen MR) is 83.2 cm³/mol. The van der Waals surface area contributed by atoms with Gasteiger partial charge >= 0.3 is 0 Å². The van der Waals surface area contributed by atoms with Crippen molar-refractivity contribution in [1.82, 2.24) is 9.97 Å². The molecule has 1 saturated heterocycles. The van der Waals surface area contributed by atoms with Crippen molar-refractivity contribution < 1.29 is 4.79 Å². The fourth-order valence-electron chi connectivity index (χ4n) is 2.83. The highest BCUT2D eigenvalue weighted by atomic mass is 35.5. The van der Waals surface area contributed by atoms with E-state index in [-0.39, 0.29) is 5.15 Å². The molecular weight excluding hydrogens is 286 g/mol. The van der Waals surface area contributed by atoms with Crippen LogP contribution in [0.2, 0.25) is 5.15 Å². The highest BCUT2D eigenvalue weighted by molar-refractivity contribution is 6.32. The van der Waals surface area contributed by atoms with Gasteiger partial charge in [0.15, 0.2) is 6.29 Å². The van der Waals surface area contributed by atoms with E-state index in [4.69, 9.17) is 11.6 Å². The molecule has 2 aromatic rings. The molecule has 21 heavy (non-hydrogen) atoms. The Balaban J connectivity index is 1.88. The van der Waals surface area contributed by atoms with Gasteiger partial charge in [-0.05, 0) is 18.9 Å². The maximum Gasteiger partial charge on any atom is 0.156 e. The molecule has 0 amide bonds. The molecule has 0 N–H and O–H groups in total. The molecule has 108 valence electrons. The average Bonchev–Trinajstić information content (AvgIpc) is 2.97. The molecular formula is C16H16ClN3O. The molecule has 0 radical (unpaired) electrons. The summed E-state index contributed by atoms with van der Waals surface area (Å²) in [6.45, 7) is 3.50. The Hall–Kier alpha value is -1.94. The van der Waals surface area contributed by atoms with Gasteiger partial charge < -0.3 is 4.90 Å². The minimum Gasteiger partial charge on any atom is -0.355 e. The van der Waals surface area contributed by atoms with Gasteiger partial charge in [-0.25, -0.2) is 9.97 Å². The Bertz CT molecular complexity index is 660. The first kappa shape index (κ1) is 14.0. The van der Waals surface area contributed by atoms with E-state index in [2.05, 4.69) is 39.1 Å². The van der Waals surface area contributed by atoms with Crippen molar-refractivity contribution >= 4 is 23.7 Å². The zero-order valence-electron chi connectivity index (χ0n) is 11.8. The van der Waals surface area contributed by atoms with Crippen LogP contribution in [0.1, 0.15) is 34.1 Å². The lowest BCUT2D eigenvalue weighted by molar-refractivity contribution is 0.112. The molecule has 0 spiro atoms. The van der Waals surface area contributed by atoms with E-state index in [1.165, 1.54) is 5.56 Å². The summed E-state index contributed by atoms with van der Waals surface area (Å²) in [4.78, 5) is 21.9. The van der Waals surface area contributed by atoms with Crippen LogP contribution in [0.4, 0.5) is 5.82 Å². The number of hydrogen-bond donors (Lipinski definition) is 0. The summed E-state index contributed by atoms with van der Waals surface area (Å²) in [7, 11) is 0. The first-order valence-electron chi connectivity index (χ1n) is 6.98. The first-order chi connectivity index (χ1) is 10.2. The summed E-state index contributed by atoms with van der Waals surface area (Å²) in [5.74, 6) is 1.70. The number of carbonyl (C=O) groups excluding carboxylic acids is 1. The molecule has 1 atom stereocenters. The number of aromatic nitrogens is 2. The standard InChI is InChI=1S/C16H16ClN3O/c1-11-18-15(17)14(10-21)16(19-11)20-8-7-13(9-20)12-5-3-2-4-6-12/h2-6,10,13H,7-9H2,1H3. The maximum atomic E-state index is 11.3. The van der Waals surface area contributed by atoms with E-state index < -0.39 is 0 Å². The molecule has 5 heteroatoms. The van der Waals surface area contributed by atoms with E-state index in [9.17, 15) is 4.79 Å². The number of carbonyl (C=O) groups is 1. The third-order valence-electron chi connectivity index (χ3n) is 3.87. The van der Waals surface area contributed by atoms with Gasteiger partial charge in [0.05, 0.1) is 5.56 Å². The third kappa shape index (κ3) is 2.76. The van der Waals surface area contributed by atoms with Crippen molar-refractivity contribution in [2.75, 3.05) is 18.0 Å². The van der Waals surface area contributed by atoms with Gasteiger partial charge in [0.1, 0.15) is 16.8 Å². The lowest BCUT2D eigenvalue weighted by Gasteiger charge is -2.20. The van der Waals surface area contributed by atoms with Crippen LogP contribution in [0.15, 0.2) is 30.3 Å². The number of benzene rings is 1. The molecule has 1 fully saturated rings. The molecule has 0 aliphatic carbocycles. The van der Waals surface area contributed by atoms with Crippen LogP contribution in [-0.2, 0) is 0 Å². The van der Waals surface area contributed by atoms with Crippen LogP contribution < -0.4 is 4.90 Å². The van der Waals surface area contributed by atoms with E-state index in [0.29, 0.717) is 23.1 Å². The molecule has 2 heterocycles. The number of halogens is 1. The van der Waals surface area contributed by atoms with Gasteiger partial charge in [0, 0.05) is 19.0 Å². The lowest BCUT2D eigenvalue weighted by atomic mass is 9.99. The van der Waals surface area contributed by atoms with Crippen LogP contribution in [0.3, 0.4) is 0 Å². The summed E-state index contributed by atoms with van der Waals surface area (Å²) in [5.41, 5.74) is 1.71. The molecule has 1 aromatic carbocycles. The Labute approximate surface area is 128 Å². The van der Waals surface area contributed by atoms with Crippen molar-refractivity contribution in [2.45, 2.75) is 19.3 Å². The van der Waals surface area contributed by atoms with Crippen LogP contribution >= 0.6 is 11.6 Å². The van der Waals surface area contributed by atoms with Crippen LogP contribution in [0.5, 0.6) is 0 Å². The van der Waals surface area contributed by atoms with E-state index in [0.717, 1.165) is 25.8 Å². The summed E-state index contributed by atoms with van der Waals surface area (Å²) < 4.78 is 0. The van der Waals surface area contributed by atoms with Gasteiger partial charge in [-0.1, -0.05) is 41.9 Å². The topological polar surface area (TPSA) is 46.1 Å². The highest BCUT2D eigenvalue weighted by Crippen LogP contribution is 2.32. The highest BCUT2D eigenvalue weighted by Gasteiger charge is 2.27. The van der Waals surface area contributed by atoms with E-state index in [1.54, 1.807) is 6.92 Å². The lowest BCUT2D eigenvalue weighted by Crippen LogP contribution is -2.23. The second kappa shape index (κ2) is 5.82. The van der Waals surface area contributed by atoms with Crippen LogP contribution in [-0.4, -0.2) is 29.3 Å². The number of rotatable bonds is 3. The average molecular weight is 302 g/mol. The molecule has 1 unspecified atom stereocenters. The third-order valence-corrected chi connectivity index (χ3v) is 4.16. The second-order valence-electron chi connectivity index (χ2n) is 5.26. The molecule has 0 bridgehead atoms. The van der Waals surface area contributed by atoms with E-state index >= 15 is 0 Å². The fourth-order valence-corrected chi connectivity index (χ4v) is 3.08. The molecule has 4 nitrogen and oxygen atoms in total. The van der Waals surface area contributed by atoms with Crippen molar-refractivity contribution in [3.63, 3.8) is 0 Å². The largest absolute Gasteiger partial charge is 0.355 e. The molecule has 1 aromatic heterocycles. The van der Waals surface area contributed by atoms with Gasteiger partial charge in [-0.15, -0.1) is 0 Å². The van der Waals surface area contributed by atoms with Crippen LogP contribution in [0.25, 0.3) is 0 Å². The zero-order valence-corrected chi connectivity index (χ0v) is 12.5. The predicted octanol–water partition coefficient (Wildman–Crippen LogP) is 3.24. The normalized spacial score (nSPS) is 18.0. The molecule has 0 saturated carbocycles. The Morgan fingerprint density at radius 2 is 2.05 bits per heavy atom. The molecule has 1 aliphatic rings. The summed E-state index contributed by atoms with van der Waals surface area (Å²) in [5, 5.41) is 0.232. The van der Waals surface area contributed by atoms with Gasteiger partial charge in [0.2, 0.25) is 0 Å². The van der Waals surface area contributed by atoms with Gasteiger partial charge in [-0.3, -0.25) is 4.79 Å². The van der Waals surface area contributed by atoms with Gasteiger partial charge in [-0.2, -0.15) is 0 Å². The molecule has 3 rings (SSSR count). The Morgan fingerprint density at radius 1 is 1.29 bits per heavy atom. The van der Waals surface area contributed by atoms with Crippen molar-refractivity contribution in [2.24, 2.45) is 0 Å². The molecule has 1 aliphatic heterocycles. The number of aldehydes is 1. The summed E-state index contributed by atoms with van der Waals surface area (Å²) in [6.07, 6.45) is 1.79. The minimum absolute atomic E-state index is 0.232. The monoisotopic (exact) mass is 301 g/mol. The minimum atomic E-state index is 0.232. The first-order valence-corrected chi connectivity index (χ1v) is 7.36. The second-order valence-corrected chi connectivity index (χ2v) is 5.62.